The van der Waals surface area contributed by atoms with Crippen molar-refractivity contribution in [2.75, 3.05) is 0 Å². The Morgan fingerprint density at radius 3 is 1.90 bits per heavy atom. The highest BCUT2D eigenvalue weighted by Gasteiger charge is 2.32. The Balaban J connectivity index is 2.45. The minimum absolute atomic E-state index is 0.107. The summed E-state index contributed by atoms with van der Waals surface area (Å²) in [5.74, 6) is -0.651. The first-order valence-corrected chi connectivity index (χ1v) is 5.52. The van der Waals surface area contributed by atoms with Gasteiger partial charge in [-0.3, -0.25) is 4.98 Å². The zero-order valence-electron chi connectivity index (χ0n) is 10.1. The molecule has 21 heavy (non-hydrogen) atoms. The van der Waals surface area contributed by atoms with Gasteiger partial charge < -0.3 is 5.11 Å². The van der Waals surface area contributed by atoms with Gasteiger partial charge in [0.15, 0.2) is 0 Å². The molecule has 1 heterocycles. The maximum absolute atomic E-state index is 12.6. The van der Waals surface area contributed by atoms with E-state index in [-0.39, 0.29) is 11.3 Å². The molecule has 0 atom stereocenters. The minimum atomic E-state index is -4.68. The molecule has 2 aromatic rings. The SMILES string of the molecule is Oc1cc(-c2ccc(C(F)(F)F)cn2)cc(C(F)(F)F)c1. The molecule has 0 fully saturated rings. The van der Waals surface area contributed by atoms with Crippen LogP contribution in [-0.2, 0) is 12.4 Å². The van der Waals surface area contributed by atoms with Gasteiger partial charge in [0.1, 0.15) is 5.75 Å². The lowest BCUT2D eigenvalue weighted by Gasteiger charge is -2.10. The highest BCUT2D eigenvalue weighted by molar-refractivity contribution is 5.62. The molecule has 1 N–H and O–H groups in total. The second-order valence-electron chi connectivity index (χ2n) is 4.20. The lowest BCUT2D eigenvalue weighted by atomic mass is 10.1. The first-order chi connectivity index (χ1) is 9.57. The summed E-state index contributed by atoms with van der Waals surface area (Å²) < 4.78 is 74.9. The zero-order chi connectivity index (χ0) is 15.8. The van der Waals surface area contributed by atoms with Gasteiger partial charge in [0, 0.05) is 11.8 Å². The first-order valence-electron chi connectivity index (χ1n) is 5.52. The minimum Gasteiger partial charge on any atom is -0.508 e. The standard InChI is InChI=1S/C13H7F6NO/c14-12(15,16)8-1-2-11(20-6-8)7-3-9(13(17,18)19)5-10(21)4-7/h1-6,21H. The van der Waals surface area contributed by atoms with E-state index in [9.17, 15) is 31.4 Å². The number of phenolic OH excluding ortho intramolecular Hbond substituents is 1. The lowest BCUT2D eigenvalue weighted by Crippen LogP contribution is -2.06. The Labute approximate surface area is 114 Å². The van der Waals surface area contributed by atoms with Crippen molar-refractivity contribution < 1.29 is 31.4 Å². The molecule has 0 unspecified atom stereocenters. The molecular weight excluding hydrogens is 300 g/mol. The van der Waals surface area contributed by atoms with Crippen molar-refractivity contribution in [3.8, 4) is 17.0 Å². The normalized spacial score (nSPS) is 12.5. The molecule has 0 saturated carbocycles. The third kappa shape index (κ3) is 3.45. The predicted octanol–water partition coefficient (Wildman–Crippen LogP) is 4.49. The van der Waals surface area contributed by atoms with Gasteiger partial charge in [0.25, 0.3) is 0 Å². The molecule has 0 aliphatic heterocycles. The first kappa shape index (κ1) is 15.1. The Bertz CT molecular complexity index is 645. The number of pyridine rings is 1. The summed E-state index contributed by atoms with van der Waals surface area (Å²) in [5.41, 5.74) is -2.36. The summed E-state index contributed by atoms with van der Waals surface area (Å²) in [6.45, 7) is 0. The van der Waals surface area contributed by atoms with Crippen LogP contribution < -0.4 is 0 Å². The fraction of sp³-hybridized carbons (Fsp3) is 0.154. The van der Waals surface area contributed by atoms with Crippen LogP contribution in [-0.4, -0.2) is 10.1 Å². The molecule has 8 heteroatoms. The molecule has 2 rings (SSSR count). The summed E-state index contributed by atoms with van der Waals surface area (Å²) in [6.07, 6.45) is -8.74. The van der Waals surface area contributed by atoms with Crippen LogP contribution >= 0.6 is 0 Å². The van der Waals surface area contributed by atoms with E-state index in [1.807, 2.05) is 0 Å². The predicted molar refractivity (Wildman–Crippen MR) is 61.3 cm³/mol. The summed E-state index contributed by atoms with van der Waals surface area (Å²) in [5, 5.41) is 9.29. The number of benzene rings is 1. The van der Waals surface area contributed by atoms with Crippen LogP contribution in [0.1, 0.15) is 11.1 Å². The topological polar surface area (TPSA) is 33.1 Å². The second-order valence-corrected chi connectivity index (χ2v) is 4.20. The third-order valence-corrected chi connectivity index (χ3v) is 2.63. The Kier molecular flexibility index (Phi) is 3.56. The summed E-state index contributed by atoms with van der Waals surface area (Å²) >= 11 is 0. The molecule has 112 valence electrons. The van der Waals surface area contributed by atoms with Crippen LogP contribution in [0.5, 0.6) is 5.75 Å². The molecule has 0 amide bonds. The number of halogens is 6. The van der Waals surface area contributed by atoms with Crippen molar-refractivity contribution in [2.24, 2.45) is 0 Å². The average Bonchev–Trinajstić information content (AvgIpc) is 2.36. The quantitative estimate of drug-likeness (QED) is 0.787. The molecule has 0 saturated heterocycles. The van der Waals surface area contributed by atoms with Crippen molar-refractivity contribution in [1.29, 1.82) is 0 Å². The molecule has 0 aliphatic rings. The average molecular weight is 307 g/mol. The summed E-state index contributed by atoms with van der Waals surface area (Å²) in [6, 6.07) is 3.87. The van der Waals surface area contributed by atoms with Gasteiger partial charge in [0.2, 0.25) is 0 Å². The van der Waals surface area contributed by atoms with Gasteiger partial charge in [-0.25, -0.2) is 0 Å². The lowest BCUT2D eigenvalue weighted by molar-refractivity contribution is -0.138. The second kappa shape index (κ2) is 4.94. The molecule has 1 aromatic carbocycles. The van der Waals surface area contributed by atoms with Crippen molar-refractivity contribution in [1.82, 2.24) is 4.98 Å². The zero-order valence-corrected chi connectivity index (χ0v) is 10.1. The number of hydrogen-bond donors (Lipinski definition) is 1. The van der Waals surface area contributed by atoms with Crippen LogP contribution in [0, 0.1) is 0 Å². The van der Waals surface area contributed by atoms with E-state index in [1.54, 1.807) is 0 Å². The van der Waals surface area contributed by atoms with E-state index in [2.05, 4.69) is 4.98 Å². The Morgan fingerprint density at radius 2 is 1.43 bits per heavy atom. The highest BCUT2D eigenvalue weighted by Crippen LogP contribution is 2.35. The molecular formula is C13H7F6NO. The van der Waals surface area contributed by atoms with E-state index in [0.717, 1.165) is 12.1 Å². The van der Waals surface area contributed by atoms with E-state index in [1.165, 1.54) is 0 Å². The van der Waals surface area contributed by atoms with Crippen molar-refractivity contribution in [3.63, 3.8) is 0 Å². The number of nitrogens with zero attached hydrogens (tertiary/aromatic N) is 1. The van der Waals surface area contributed by atoms with E-state index >= 15 is 0 Å². The van der Waals surface area contributed by atoms with Gasteiger partial charge in [-0.05, 0) is 30.3 Å². The molecule has 0 radical (unpaired) electrons. The van der Waals surface area contributed by atoms with Crippen LogP contribution in [0.2, 0.25) is 0 Å². The van der Waals surface area contributed by atoms with E-state index < -0.39 is 29.2 Å². The van der Waals surface area contributed by atoms with Crippen LogP contribution in [0.3, 0.4) is 0 Å². The molecule has 0 aliphatic carbocycles. The molecule has 1 aromatic heterocycles. The molecule has 0 bridgehead atoms. The van der Waals surface area contributed by atoms with Gasteiger partial charge in [-0.2, -0.15) is 26.3 Å². The van der Waals surface area contributed by atoms with Gasteiger partial charge >= 0.3 is 12.4 Å². The highest BCUT2D eigenvalue weighted by atomic mass is 19.4. The fourth-order valence-electron chi connectivity index (χ4n) is 1.66. The number of rotatable bonds is 1. The Hall–Kier alpha value is -2.25. The van der Waals surface area contributed by atoms with Crippen molar-refractivity contribution >= 4 is 0 Å². The third-order valence-electron chi connectivity index (χ3n) is 2.63. The smallest absolute Gasteiger partial charge is 0.417 e. The summed E-state index contributed by atoms with van der Waals surface area (Å²) in [4.78, 5) is 3.48. The van der Waals surface area contributed by atoms with E-state index in [4.69, 9.17) is 0 Å². The molecule has 2 nitrogen and oxygen atoms in total. The maximum atomic E-state index is 12.6. The largest absolute Gasteiger partial charge is 0.508 e. The number of hydrogen-bond acceptors (Lipinski definition) is 2. The van der Waals surface area contributed by atoms with Crippen molar-refractivity contribution in [2.45, 2.75) is 12.4 Å². The van der Waals surface area contributed by atoms with Crippen LogP contribution in [0.15, 0.2) is 36.5 Å². The van der Waals surface area contributed by atoms with Crippen LogP contribution in [0.4, 0.5) is 26.3 Å². The number of alkyl halides is 6. The summed E-state index contributed by atoms with van der Waals surface area (Å²) in [7, 11) is 0. The Morgan fingerprint density at radius 1 is 0.810 bits per heavy atom. The van der Waals surface area contributed by atoms with E-state index in [0.29, 0.717) is 24.4 Å². The monoisotopic (exact) mass is 307 g/mol. The fourth-order valence-corrected chi connectivity index (χ4v) is 1.66. The maximum Gasteiger partial charge on any atom is 0.417 e. The van der Waals surface area contributed by atoms with Gasteiger partial charge in [-0.1, -0.05) is 0 Å². The van der Waals surface area contributed by atoms with Crippen LogP contribution in [0.25, 0.3) is 11.3 Å². The van der Waals surface area contributed by atoms with Gasteiger partial charge in [0.05, 0.1) is 16.8 Å². The number of aromatic hydroxyl groups is 1. The number of phenols is 1. The van der Waals surface area contributed by atoms with Crippen molar-refractivity contribution in [3.05, 3.63) is 47.7 Å². The molecule has 0 spiro atoms. The number of aromatic nitrogens is 1. The van der Waals surface area contributed by atoms with Gasteiger partial charge in [-0.15, -0.1) is 0 Å².